The van der Waals surface area contributed by atoms with Gasteiger partial charge in [-0.05, 0) is 51.5 Å². The SMILES string of the molecule is CC(C)(O)COc1cc(-c2cnc(N3C[C@@H]4C[C@@](C)(N)C[C@@H]4C3)cn2)c2c(C#N)cnn2c1. The fourth-order valence-corrected chi connectivity index (χ4v) is 5.21. The molecular weight excluding hydrogens is 418 g/mol. The summed E-state index contributed by atoms with van der Waals surface area (Å²) in [5, 5.41) is 23.9. The number of anilines is 1. The van der Waals surface area contributed by atoms with Crippen molar-refractivity contribution < 1.29 is 9.84 Å². The topological polar surface area (TPSA) is 126 Å². The highest BCUT2D eigenvalue weighted by atomic mass is 16.5. The third kappa shape index (κ3) is 4.24. The molecule has 3 aromatic rings. The van der Waals surface area contributed by atoms with Crippen LogP contribution in [0.3, 0.4) is 0 Å². The minimum absolute atomic E-state index is 0.0512. The van der Waals surface area contributed by atoms with Crippen LogP contribution in [0.2, 0.25) is 0 Å². The Morgan fingerprint density at radius 2 is 1.97 bits per heavy atom. The van der Waals surface area contributed by atoms with Crippen LogP contribution in [0, 0.1) is 23.2 Å². The maximum atomic E-state index is 10.0. The van der Waals surface area contributed by atoms with Crippen LogP contribution in [0.25, 0.3) is 16.8 Å². The molecule has 5 rings (SSSR count). The van der Waals surface area contributed by atoms with Crippen molar-refractivity contribution in [2.75, 3.05) is 24.6 Å². The van der Waals surface area contributed by atoms with Crippen LogP contribution in [0.1, 0.15) is 39.2 Å². The van der Waals surface area contributed by atoms with Gasteiger partial charge in [0.2, 0.25) is 0 Å². The van der Waals surface area contributed by atoms with E-state index in [-0.39, 0.29) is 12.1 Å². The quantitative estimate of drug-likeness (QED) is 0.611. The van der Waals surface area contributed by atoms with E-state index in [0.717, 1.165) is 31.7 Å². The summed E-state index contributed by atoms with van der Waals surface area (Å²) < 4.78 is 7.39. The Morgan fingerprint density at radius 1 is 1.24 bits per heavy atom. The van der Waals surface area contributed by atoms with Crippen molar-refractivity contribution in [2.45, 2.75) is 44.8 Å². The molecule has 0 amide bonds. The van der Waals surface area contributed by atoms with Crippen molar-refractivity contribution in [2.24, 2.45) is 17.6 Å². The Labute approximate surface area is 192 Å². The van der Waals surface area contributed by atoms with E-state index in [1.54, 1.807) is 37.0 Å². The van der Waals surface area contributed by atoms with E-state index in [1.807, 2.05) is 6.07 Å². The lowest BCUT2D eigenvalue weighted by Gasteiger charge is -2.23. The molecule has 3 atom stereocenters. The summed E-state index contributed by atoms with van der Waals surface area (Å²) >= 11 is 0. The maximum Gasteiger partial charge on any atom is 0.147 e. The standard InChI is InChI=1S/C24H29N7O2/c1-23(2,32)14-33-18-4-19(22-17(7-25)8-29-31(22)13-18)20-9-28-21(10-27-20)30-11-15-5-24(3,26)6-16(15)12-30/h4,8-10,13,15-16,32H,5-6,11-12,14,26H2,1-3H3/t15-,16+,24+. The molecule has 2 fully saturated rings. The molecule has 0 aromatic carbocycles. The van der Waals surface area contributed by atoms with Crippen LogP contribution in [0.15, 0.2) is 30.9 Å². The molecule has 0 spiro atoms. The molecule has 1 saturated carbocycles. The lowest BCUT2D eigenvalue weighted by atomic mass is 10.00. The van der Waals surface area contributed by atoms with Gasteiger partial charge >= 0.3 is 0 Å². The van der Waals surface area contributed by atoms with Crippen LogP contribution < -0.4 is 15.4 Å². The van der Waals surface area contributed by atoms with Gasteiger partial charge in [-0.2, -0.15) is 10.4 Å². The molecule has 9 heteroatoms. The van der Waals surface area contributed by atoms with Crippen LogP contribution in [0.4, 0.5) is 5.82 Å². The number of nitriles is 1. The van der Waals surface area contributed by atoms with Gasteiger partial charge < -0.3 is 20.5 Å². The average molecular weight is 448 g/mol. The number of aliphatic hydroxyl groups is 1. The Morgan fingerprint density at radius 3 is 2.58 bits per heavy atom. The van der Waals surface area contributed by atoms with Crippen molar-refractivity contribution in [3.63, 3.8) is 0 Å². The van der Waals surface area contributed by atoms with Gasteiger partial charge in [-0.25, -0.2) is 9.50 Å². The molecule has 0 unspecified atom stereocenters. The summed E-state index contributed by atoms with van der Waals surface area (Å²) in [5.74, 6) is 2.59. The minimum Gasteiger partial charge on any atom is -0.489 e. The number of fused-ring (bicyclic) bond motifs is 2. The second kappa shape index (κ2) is 7.68. The maximum absolute atomic E-state index is 10.0. The van der Waals surface area contributed by atoms with E-state index in [2.05, 4.69) is 28.0 Å². The summed E-state index contributed by atoms with van der Waals surface area (Å²) in [5.41, 5.74) is 7.75. The molecule has 4 heterocycles. The zero-order chi connectivity index (χ0) is 23.4. The van der Waals surface area contributed by atoms with E-state index in [0.29, 0.717) is 39.9 Å². The number of rotatable bonds is 5. The van der Waals surface area contributed by atoms with Crippen molar-refractivity contribution in [1.82, 2.24) is 19.6 Å². The smallest absolute Gasteiger partial charge is 0.147 e. The second-order valence-corrected chi connectivity index (χ2v) is 10.4. The molecule has 1 saturated heterocycles. The van der Waals surface area contributed by atoms with E-state index >= 15 is 0 Å². The Balaban J connectivity index is 1.44. The van der Waals surface area contributed by atoms with E-state index in [9.17, 15) is 10.4 Å². The monoisotopic (exact) mass is 447 g/mol. The molecule has 3 aromatic heterocycles. The molecule has 9 nitrogen and oxygen atoms in total. The van der Waals surface area contributed by atoms with Crippen molar-refractivity contribution >= 4 is 11.3 Å². The first-order valence-corrected chi connectivity index (χ1v) is 11.2. The highest BCUT2D eigenvalue weighted by molar-refractivity contribution is 5.83. The number of nitrogens with two attached hydrogens (primary N) is 1. The van der Waals surface area contributed by atoms with Gasteiger partial charge in [0, 0.05) is 24.2 Å². The van der Waals surface area contributed by atoms with Gasteiger partial charge in [-0.15, -0.1) is 0 Å². The largest absolute Gasteiger partial charge is 0.489 e. The number of aromatic nitrogens is 4. The Kier molecular flexibility index (Phi) is 5.03. The van der Waals surface area contributed by atoms with E-state index < -0.39 is 5.60 Å². The van der Waals surface area contributed by atoms with E-state index in [1.165, 1.54) is 6.20 Å². The zero-order valence-electron chi connectivity index (χ0n) is 19.2. The third-order valence-electron chi connectivity index (χ3n) is 6.57. The molecule has 33 heavy (non-hydrogen) atoms. The molecular formula is C24H29N7O2. The average Bonchev–Trinajstić information content (AvgIpc) is 3.41. The summed E-state index contributed by atoms with van der Waals surface area (Å²) in [7, 11) is 0. The van der Waals surface area contributed by atoms with Gasteiger partial charge in [0.25, 0.3) is 0 Å². The third-order valence-corrected chi connectivity index (χ3v) is 6.57. The first-order chi connectivity index (χ1) is 15.6. The minimum atomic E-state index is -0.978. The summed E-state index contributed by atoms with van der Waals surface area (Å²) in [6.45, 7) is 7.54. The van der Waals surface area contributed by atoms with Crippen LogP contribution >= 0.6 is 0 Å². The zero-order valence-corrected chi connectivity index (χ0v) is 19.2. The fraction of sp³-hybridized carbons (Fsp3) is 0.500. The Hall–Kier alpha value is -3.22. The number of ether oxygens (including phenoxy) is 1. The highest BCUT2D eigenvalue weighted by Gasteiger charge is 2.45. The first-order valence-electron chi connectivity index (χ1n) is 11.2. The molecule has 1 aliphatic heterocycles. The lowest BCUT2D eigenvalue weighted by molar-refractivity contribution is 0.0283. The van der Waals surface area contributed by atoms with Crippen LogP contribution in [-0.4, -0.2) is 55.5 Å². The second-order valence-electron chi connectivity index (χ2n) is 10.4. The van der Waals surface area contributed by atoms with Crippen molar-refractivity contribution in [1.29, 1.82) is 5.26 Å². The van der Waals surface area contributed by atoms with E-state index in [4.69, 9.17) is 15.5 Å². The predicted molar refractivity (Wildman–Crippen MR) is 124 cm³/mol. The molecule has 172 valence electrons. The first kappa shape index (κ1) is 21.6. The van der Waals surface area contributed by atoms with Crippen molar-refractivity contribution in [3.8, 4) is 23.1 Å². The fourth-order valence-electron chi connectivity index (χ4n) is 5.21. The van der Waals surface area contributed by atoms with Gasteiger partial charge in [0.05, 0.1) is 47.2 Å². The molecule has 0 bridgehead atoms. The lowest BCUT2D eigenvalue weighted by Crippen LogP contribution is -2.35. The van der Waals surface area contributed by atoms with Gasteiger partial charge in [-0.3, -0.25) is 4.98 Å². The van der Waals surface area contributed by atoms with Crippen molar-refractivity contribution in [3.05, 3.63) is 36.4 Å². The normalized spacial score (nSPS) is 24.8. The van der Waals surface area contributed by atoms with Gasteiger partial charge in [0.1, 0.15) is 24.2 Å². The summed E-state index contributed by atoms with van der Waals surface area (Å²) in [4.78, 5) is 11.7. The molecule has 1 aliphatic carbocycles. The number of pyridine rings is 1. The number of nitrogens with zero attached hydrogens (tertiary/aromatic N) is 6. The highest BCUT2D eigenvalue weighted by Crippen LogP contribution is 2.43. The number of hydrogen-bond donors (Lipinski definition) is 2. The van der Waals surface area contributed by atoms with Crippen LogP contribution in [-0.2, 0) is 0 Å². The predicted octanol–water partition coefficient (Wildman–Crippen LogP) is 2.38. The molecule has 0 radical (unpaired) electrons. The van der Waals surface area contributed by atoms with Gasteiger partial charge in [0.15, 0.2) is 0 Å². The Bertz CT molecular complexity index is 1200. The van der Waals surface area contributed by atoms with Crippen LogP contribution in [0.5, 0.6) is 5.75 Å². The molecule has 3 N–H and O–H groups in total. The summed E-state index contributed by atoms with van der Waals surface area (Å²) in [6.07, 6.45) is 8.84. The summed E-state index contributed by atoms with van der Waals surface area (Å²) in [6, 6.07) is 4.01. The molecule has 2 aliphatic rings. The van der Waals surface area contributed by atoms with Gasteiger partial charge in [-0.1, -0.05) is 0 Å². The number of hydrogen-bond acceptors (Lipinski definition) is 8.